The van der Waals surface area contributed by atoms with Gasteiger partial charge in [0, 0.05) is 16.8 Å². The topological polar surface area (TPSA) is 12.0 Å². The van der Waals surface area contributed by atoms with Crippen LogP contribution in [0.15, 0.2) is 18.2 Å². The number of rotatable bonds is 5. The van der Waals surface area contributed by atoms with Gasteiger partial charge in [0.2, 0.25) is 0 Å². The van der Waals surface area contributed by atoms with E-state index in [1.54, 1.807) is 6.07 Å². The van der Waals surface area contributed by atoms with Gasteiger partial charge in [0.25, 0.3) is 0 Å². The molecule has 0 aromatic heterocycles. The number of halogens is 2. The standard InChI is InChI=1S/C12H17ClFN/c1-3-4-5-9(2)15-12-7-10(13)6-11(14)8-12/h6-9,15H,3-5H2,1-2H3. The highest BCUT2D eigenvalue weighted by atomic mass is 35.5. The lowest BCUT2D eigenvalue weighted by Crippen LogP contribution is -2.14. The van der Waals surface area contributed by atoms with Crippen LogP contribution in [0.25, 0.3) is 0 Å². The summed E-state index contributed by atoms with van der Waals surface area (Å²) in [5.41, 5.74) is 0.753. The number of benzene rings is 1. The van der Waals surface area contributed by atoms with Crippen molar-refractivity contribution in [2.45, 2.75) is 39.2 Å². The Labute approximate surface area is 95.6 Å². The van der Waals surface area contributed by atoms with Crippen LogP contribution in [0.5, 0.6) is 0 Å². The first-order valence-corrected chi connectivity index (χ1v) is 5.72. The number of hydrogen-bond donors (Lipinski definition) is 1. The molecular formula is C12H17ClFN. The van der Waals surface area contributed by atoms with E-state index in [1.807, 2.05) is 0 Å². The van der Waals surface area contributed by atoms with Crippen LogP contribution in [-0.2, 0) is 0 Å². The zero-order valence-electron chi connectivity index (χ0n) is 9.19. The molecule has 1 aromatic rings. The zero-order chi connectivity index (χ0) is 11.3. The summed E-state index contributed by atoms with van der Waals surface area (Å²) in [5, 5.41) is 3.66. The minimum Gasteiger partial charge on any atom is -0.382 e. The van der Waals surface area contributed by atoms with Gasteiger partial charge in [-0.3, -0.25) is 0 Å². The van der Waals surface area contributed by atoms with Crippen LogP contribution in [0.1, 0.15) is 33.1 Å². The minimum absolute atomic E-state index is 0.298. The monoisotopic (exact) mass is 229 g/mol. The summed E-state index contributed by atoms with van der Waals surface area (Å²) < 4.78 is 13.0. The summed E-state index contributed by atoms with van der Waals surface area (Å²) in [6.45, 7) is 4.25. The van der Waals surface area contributed by atoms with Crippen LogP contribution in [0.3, 0.4) is 0 Å². The van der Waals surface area contributed by atoms with Gasteiger partial charge in [-0.1, -0.05) is 31.4 Å². The van der Waals surface area contributed by atoms with Gasteiger partial charge in [-0.25, -0.2) is 4.39 Å². The van der Waals surface area contributed by atoms with Crippen LogP contribution in [0.2, 0.25) is 5.02 Å². The largest absolute Gasteiger partial charge is 0.382 e. The average molecular weight is 230 g/mol. The summed E-state index contributed by atoms with van der Waals surface area (Å²) in [6, 6.07) is 4.87. The third-order valence-electron chi connectivity index (χ3n) is 2.27. The first-order valence-electron chi connectivity index (χ1n) is 5.34. The molecule has 0 fully saturated rings. The fourth-order valence-electron chi connectivity index (χ4n) is 1.50. The van der Waals surface area contributed by atoms with Crippen LogP contribution in [-0.4, -0.2) is 6.04 Å². The molecule has 0 amide bonds. The number of nitrogens with one attached hydrogen (secondary N) is 1. The second kappa shape index (κ2) is 5.96. The summed E-state index contributed by atoms with van der Waals surface area (Å²) in [7, 11) is 0. The Balaban J connectivity index is 2.56. The molecule has 84 valence electrons. The van der Waals surface area contributed by atoms with Gasteiger partial charge >= 0.3 is 0 Å². The molecule has 1 unspecified atom stereocenters. The predicted molar refractivity (Wildman–Crippen MR) is 64.0 cm³/mol. The SMILES string of the molecule is CCCCC(C)Nc1cc(F)cc(Cl)c1. The molecule has 0 spiro atoms. The number of anilines is 1. The zero-order valence-corrected chi connectivity index (χ0v) is 9.94. The predicted octanol–water partition coefficient (Wildman–Crippen LogP) is 4.47. The molecule has 0 aliphatic carbocycles. The van der Waals surface area contributed by atoms with E-state index in [2.05, 4.69) is 19.2 Å². The van der Waals surface area contributed by atoms with Crippen molar-refractivity contribution in [3.05, 3.63) is 29.0 Å². The molecule has 0 aliphatic heterocycles. The van der Waals surface area contributed by atoms with E-state index in [9.17, 15) is 4.39 Å². The maximum Gasteiger partial charge on any atom is 0.126 e. The Bertz CT molecular complexity index is 294. The van der Waals surface area contributed by atoms with E-state index in [0.717, 1.165) is 12.1 Å². The third kappa shape index (κ3) is 4.52. The molecule has 1 nitrogen and oxygen atoms in total. The first kappa shape index (κ1) is 12.3. The third-order valence-corrected chi connectivity index (χ3v) is 2.48. The minimum atomic E-state index is -0.298. The average Bonchev–Trinajstić information content (AvgIpc) is 2.13. The van der Waals surface area contributed by atoms with Gasteiger partial charge in [0.05, 0.1) is 0 Å². The van der Waals surface area contributed by atoms with E-state index in [-0.39, 0.29) is 5.82 Å². The van der Waals surface area contributed by atoms with E-state index in [0.29, 0.717) is 11.1 Å². The smallest absolute Gasteiger partial charge is 0.126 e. The van der Waals surface area contributed by atoms with Gasteiger partial charge in [-0.15, -0.1) is 0 Å². The molecule has 0 bridgehead atoms. The lowest BCUT2D eigenvalue weighted by atomic mass is 10.1. The summed E-state index contributed by atoms with van der Waals surface area (Å²) >= 11 is 5.76. The van der Waals surface area contributed by atoms with Crippen molar-refractivity contribution in [2.75, 3.05) is 5.32 Å². The van der Waals surface area contributed by atoms with Crippen LogP contribution < -0.4 is 5.32 Å². The Kier molecular flexibility index (Phi) is 4.89. The number of unbranched alkanes of at least 4 members (excludes halogenated alkanes) is 1. The quantitative estimate of drug-likeness (QED) is 0.786. The maximum absolute atomic E-state index is 13.0. The lowest BCUT2D eigenvalue weighted by Gasteiger charge is -2.14. The molecule has 0 saturated carbocycles. The molecule has 0 heterocycles. The van der Waals surface area contributed by atoms with E-state index in [4.69, 9.17) is 11.6 Å². The maximum atomic E-state index is 13.0. The normalized spacial score (nSPS) is 12.5. The molecule has 0 aliphatic rings. The Morgan fingerprint density at radius 3 is 2.73 bits per heavy atom. The van der Waals surface area contributed by atoms with Crippen molar-refractivity contribution in [1.82, 2.24) is 0 Å². The van der Waals surface area contributed by atoms with Gasteiger partial charge in [0.1, 0.15) is 5.82 Å². The molecule has 1 aromatic carbocycles. The van der Waals surface area contributed by atoms with E-state index in [1.165, 1.54) is 25.0 Å². The van der Waals surface area contributed by atoms with E-state index >= 15 is 0 Å². The second-order valence-corrected chi connectivity index (χ2v) is 4.28. The summed E-state index contributed by atoms with van der Waals surface area (Å²) in [6.07, 6.45) is 3.44. The van der Waals surface area contributed by atoms with Gasteiger partial charge in [-0.2, -0.15) is 0 Å². The molecule has 1 N–H and O–H groups in total. The van der Waals surface area contributed by atoms with Crippen LogP contribution in [0.4, 0.5) is 10.1 Å². The van der Waals surface area contributed by atoms with Gasteiger partial charge < -0.3 is 5.32 Å². The fraction of sp³-hybridized carbons (Fsp3) is 0.500. The molecule has 15 heavy (non-hydrogen) atoms. The van der Waals surface area contributed by atoms with E-state index < -0.39 is 0 Å². The Morgan fingerprint density at radius 1 is 1.40 bits per heavy atom. The fourth-order valence-corrected chi connectivity index (χ4v) is 1.73. The van der Waals surface area contributed by atoms with Crippen LogP contribution >= 0.6 is 11.6 Å². The molecule has 1 rings (SSSR count). The first-order chi connectivity index (χ1) is 7.11. The van der Waals surface area contributed by atoms with Gasteiger partial charge in [-0.05, 0) is 31.5 Å². The second-order valence-electron chi connectivity index (χ2n) is 3.85. The van der Waals surface area contributed by atoms with Crippen LogP contribution in [0, 0.1) is 5.82 Å². The molecular weight excluding hydrogens is 213 g/mol. The van der Waals surface area contributed by atoms with Crippen molar-refractivity contribution >= 4 is 17.3 Å². The molecule has 0 radical (unpaired) electrons. The summed E-state index contributed by atoms with van der Waals surface area (Å²) in [5.74, 6) is -0.298. The van der Waals surface area contributed by atoms with Crippen molar-refractivity contribution in [2.24, 2.45) is 0 Å². The molecule has 3 heteroatoms. The highest BCUT2D eigenvalue weighted by Crippen LogP contribution is 2.19. The highest BCUT2D eigenvalue weighted by molar-refractivity contribution is 6.30. The van der Waals surface area contributed by atoms with Crippen molar-refractivity contribution < 1.29 is 4.39 Å². The van der Waals surface area contributed by atoms with Crippen molar-refractivity contribution in [3.63, 3.8) is 0 Å². The molecule has 1 atom stereocenters. The molecule has 0 saturated heterocycles. The highest BCUT2D eigenvalue weighted by Gasteiger charge is 2.03. The van der Waals surface area contributed by atoms with Crippen molar-refractivity contribution in [1.29, 1.82) is 0 Å². The Hall–Kier alpha value is -0.760. The number of hydrogen-bond acceptors (Lipinski definition) is 1. The van der Waals surface area contributed by atoms with Gasteiger partial charge in [0.15, 0.2) is 0 Å². The van der Waals surface area contributed by atoms with Crippen molar-refractivity contribution in [3.8, 4) is 0 Å². The lowest BCUT2D eigenvalue weighted by molar-refractivity contribution is 0.624. The Morgan fingerprint density at radius 2 is 2.13 bits per heavy atom. The summed E-state index contributed by atoms with van der Waals surface area (Å²) in [4.78, 5) is 0.